The molecule has 1 heterocycles. The Morgan fingerprint density at radius 1 is 1.35 bits per heavy atom. The van der Waals surface area contributed by atoms with E-state index in [1.54, 1.807) is 13.3 Å². The largest absolute Gasteiger partial charge is 0.496 e. The number of hydrogen-bond donors (Lipinski definition) is 1. The minimum atomic E-state index is 0.382. The van der Waals surface area contributed by atoms with Crippen molar-refractivity contribution in [2.45, 2.75) is 19.7 Å². The number of nitrogens with zero attached hydrogens (tertiary/aromatic N) is 1. The SMILES string of the molecule is COc1cc(C)cc(C)c1-c1cnc(CCl)[nH]1. The van der Waals surface area contributed by atoms with Crippen molar-refractivity contribution < 1.29 is 4.74 Å². The number of imidazole rings is 1. The van der Waals surface area contributed by atoms with Crippen molar-refractivity contribution in [3.63, 3.8) is 0 Å². The fraction of sp³-hybridized carbons (Fsp3) is 0.308. The maximum absolute atomic E-state index is 5.74. The van der Waals surface area contributed by atoms with Gasteiger partial charge in [-0.1, -0.05) is 6.07 Å². The molecule has 0 unspecified atom stereocenters. The molecule has 1 N–H and O–H groups in total. The van der Waals surface area contributed by atoms with Crippen molar-refractivity contribution in [3.8, 4) is 17.0 Å². The van der Waals surface area contributed by atoms with Gasteiger partial charge in [-0.2, -0.15) is 0 Å². The summed E-state index contributed by atoms with van der Waals surface area (Å²) in [6, 6.07) is 4.14. The predicted octanol–water partition coefficient (Wildman–Crippen LogP) is 3.44. The average Bonchev–Trinajstić information content (AvgIpc) is 2.76. The van der Waals surface area contributed by atoms with Crippen molar-refractivity contribution in [3.05, 3.63) is 35.3 Å². The second-order valence-electron chi connectivity index (χ2n) is 4.04. The molecule has 0 saturated carbocycles. The lowest BCUT2D eigenvalue weighted by molar-refractivity contribution is 0.415. The van der Waals surface area contributed by atoms with Crippen LogP contribution in [-0.4, -0.2) is 17.1 Å². The van der Waals surface area contributed by atoms with Gasteiger partial charge in [0.25, 0.3) is 0 Å². The number of benzene rings is 1. The Balaban J connectivity index is 2.57. The molecule has 0 bridgehead atoms. The topological polar surface area (TPSA) is 37.9 Å². The van der Waals surface area contributed by atoms with Gasteiger partial charge in [0.05, 0.1) is 24.9 Å². The molecule has 0 amide bonds. The number of alkyl halides is 1. The summed E-state index contributed by atoms with van der Waals surface area (Å²) < 4.78 is 5.42. The maximum Gasteiger partial charge on any atom is 0.128 e. The summed E-state index contributed by atoms with van der Waals surface area (Å²) in [5.41, 5.74) is 4.32. The molecule has 2 rings (SSSR count). The monoisotopic (exact) mass is 250 g/mol. The van der Waals surface area contributed by atoms with E-state index >= 15 is 0 Å². The number of aryl methyl sites for hydroxylation is 2. The number of methoxy groups -OCH3 is 1. The number of hydrogen-bond acceptors (Lipinski definition) is 2. The van der Waals surface area contributed by atoms with Crippen LogP contribution in [0.1, 0.15) is 17.0 Å². The molecular formula is C13H15ClN2O. The third-order valence-electron chi connectivity index (χ3n) is 2.69. The highest BCUT2D eigenvalue weighted by atomic mass is 35.5. The molecule has 0 fully saturated rings. The van der Waals surface area contributed by atoms with E-state index in [0.717, 1.165) is 28.4 Å². The van der Waals surface area contributed by atoms with Gasteiger partial charge in [0, 0.05) is 5.56 Å². The molecule has 0 radical (unpaired) electrons. The van der Waals surface area contributed by atoms with Gasteiger partial charge in [-0.05, 0) is 31.0 Å². The fourth-order valence-electron chi connectivity index (χ4n) is 1.99. The van der Waals surface area contributed by atoms with Crippen LogP contribution in [0, 0.1) is 13.8 Å². The minimum absolute atomic E-state index is 0.382. The molecule has 3 nitrogen and oxygen atoms in total. The molecule has 0 aliphatic rings. The second kappa shape index (κ2) is 4.80. The molecule has 0 spiro atoms. The molecule has 0 aliphatic carbocycles. The highest BCUT2D eigenvalue weighted by Gasteiger charge is 2.12. The second-order valence-corrected chi connectivity index (χ2v) is 4.30. The van der Waals surface area contributed by atoms with Crippen LogP contribution in [0.3, 0.4) is 0 Å². The number of halogens is 1. The summed E-state index contributed by atoms with van der Waals surface area (Å²) in [7, 11) is 1.68. The van der Waals surface area contributed by atoms with Gasteiger partial charge in [0.1, 0.15) is 11.6 Å². The Bertz CT molecular complexity index is 534. The van der Waals surface area contributed by atoms with Gasteiger partial charge < -0.3 is 9.72 Å². The molecule has 0 aliphatic heterocycles. The van der Waals surface area contributed by atoms with Crippen LogP contribution in [0.2, 0.25) is 0 Å². The zero-order valence-electron chi connectivity index (χ0n) is 10.2. The van der Waals surface area contributed by atoms with E-state index in [1.807, 2.05) is 6.07 Å². The first kappa shape index (κ1) is 12.0. The smallest absolute Gasteiger partial charge is 0.128 e. The Morgan fingerprint density at radius 3 is 2.71 bits per heavy atom. The Kier molecular flexibility index (Phi) is 3.38. The van der Waals surface area contributed by atoms with Gasteiger partial charge in [-0.25, -0.2) is 4.98 Å². The molecule has 1 aromatic carbocycles. The minimum Gasteiger partial charge on any atom is -0.496 e. The first-order chi connectivity index (χ1) is 8.15. The van der Waals surface area contributed by atoms with Crippen LogP contribution < -0.4 is 4.74 Å². The maximum atomic E-state index is 5.74. The molecule has 2 aromatic rings. The van der Waals surface area contributed by atoms with E-state index in [0.29, 0.717) is 5.88 Å². The fourth-order valence-corrected chi connectivity index (χ4v) is 2.13. The van der Waals surface area contributed by atoms with Crippen LogP contribution >= 0.6 is 11.6 Å². The lowest BCUT2D eigenvalue weighted by Crippen LogP contribution is -1.93. The van der Waals surface area contributed by atoms with E-state index in [2.05, 4.69) is 29.9 Å². The van der Waals surface area contributed by atoms with E-state index in [9.17, 15) is 0 Å². The van der Waals surface area contributed by atoms with Crippen molar-refractivity contribution in [1.29, 1.82) is 0 Å². The Labute approximate surface area is 106 Å². The van der Waals surface area contributed by atoms with E-state index in [4.69, 9.17) is 16.3 Å². The Morgan fingerprint density at radius 2 is 2.12 bits per heavy atom. The van der Waals surface area contributed by atoms with Crippen LogP contribution in [0.4, 0.5) is 0 Å². The van der Waals surface area contributed by atoms with E-state index < -0.39 is 0 Å². The summed E-state index contributed by atoms with van der Waals surface area (Å²) in [6.45, 7) is 4.11. The number of nitrogens with one attached hydrogen (secondary N) is 1. The number of rotatable bonds is 3. The van der Waals surface area contributed by atoms with Gasteiger partial charge in [-0.3, -0.25) is 0 Å². The lowest BCUT2D eigenvalue weighted by Gasteiger charge is -2.11. The zero-order chi connectivity index (χ0) is 12.4. The number of aromatic amines is 1. The summed E-state index contributed by atoms with van der Waals surface area (Å²) in [5, 5.41) is 0. The normalized spacial score (nSPS) is 10.6. The quantitative estimate of drug-likeness (QED) is 0.848. The first-order valence-corrected chi connectivity index (χ1v) is 5.94. The van der Waals surface area contributed by atoms with E-state index in [-0.39, 0.29) is 0 Å². The highest BCUT2D eigenvalue weighted by Crippen LogP contribution is 2.33. The van der Waals surface area contributed by atoms with E-state index in [1.165, 1.54) is 5.56 Å². The molecule has 0 saturated heterocycles. The van der Waals surface area contributed by atoms with Crippen molar-refractivity contribution in [1.82, 2.24) is 9.97 Å². The van der Waals surface area contributed by atoms with Crippen molar-refractivity contribution in [2.24, 2.45) is 0 Å². The van der Waals surface area contributed by atoms with Crippen molar-refractivity contribution >= 4 is 11.6 Å². The molecule has 1 aromatic heterocycles. The van der Waals surface area contributed by atoms with Crippen LogP contribution in [0.15, 0.2) is 18.3 Å². The standard InChI is InChI=1S/C13H15ClN2O/c1-8-4-9(2)13(11(5-8)17-3)10-7-15-12(6-14)16-10/h4-5,7H,6H2,1-3H3,(H,15,16). The van der Waals surface area contributed by atoms with Crippen LogP contribution in [0.5, 0.6) is 5.75 Å². The number of aromatic nitrogens is 2. The average molecular weight is 251 g/mol. The Hall–Kier alpha value is -1.48. The van der Waals surface area contributed by atoms with Crippen molar-refractivity contribution in [2.75, 3.05) is 7.11 Å². The third kappa shape index (κ3) is 2.29. The number of H-pyrrole nitrogens is 1. The summed E-state index contributed by atoms with van der Waals surface area (Å²) in [4.78, 5) is 7.40. The first-order valence-electron chi connectivity index (χ1n) is 5.41. The molecule has 90 valence electrons. The summed E-state index contributed by atoms with van der Waals surface area (Å²) in [5.74, 6) is 2.00. The van der Waals surface area contributed by atoms with Crippen LogP contribution in [-0.2, 0) is 5.88 Å². The third-order valence-corrected chi connectivity index (χ3v) is 2.94. The molecule has 17 heavy (non-hydrogen) atoms. The number of ether oxygens (including phenoxy) is 1. The summed E-state index contributed by atoms with van der Waals surface area (Å²) in [6.07, 6.45) is 1.79. The predicted molar refractivity (Wildman–Crippen MR) is 69.6 cm³/mol. The summed E-state index contributed by atoms with van der Waals surface area (Å²) >= 11 is 5.74. The molecule has 0 atom stereocenters. The lowest BCUT2D eigenvalue weighted by atomic mass is 10.0. The van der Waals surface area contributed by atoms with Gasteiger partial charge in [0.15, 0.2) is 0 Å². The van der Waals surface area contributed by atoms with Gasteiger partial charge >= 0.3 is 0 Å². The molecule has 4 heteroatoms. The highest BCUT2D eigenvalue weighted by molar-refractivity contribution is 6.16. The zero-order valence-corrected chi connectivity index (χ0v) is 10.9. The van der Waals surface area contributed by atoms with Gasteiger partial charge in [-0.15, -0.1) is 11.6 Å². The van der Waals surface area contributed by atoms with Crippen LogP contribution in [0.25, 0.3) is 11.3 Å². The molecular weight excluding hydrogens is 236 g/mol. The van der Waals surface area contributed by atoms with Gasteiger partial charge in [0.2, 0.25) is 0 Å².